The van der Waals surface area contributed by atoms with Crippen molar-refractivity contribution in [3.8, 4) is 0 Å². The quantitative estimate of drug-likeness (QED) is 0.137. The molecule has 3 heterocycles. The zero-order valence-electron chi connectivity index (χ0n) is 20.3. The summed E-state index contributed by atoms with van der Waals surface area (Å²) in [6, 6.07) is 15.0. The Morgan fingerprint density at radius 2 is 1.77 bits per heavy atom. The number of nitrogens with one attached hydrogen (secondary N) is 3. The van der Waals surface area contributed by atoms with E-state index >= 15 is 0 Å². The first-order valence-corrected chi connectivity index (χ1v) is 12.7. The third-order valence-electron chi connectivity index (χ3n) is 6.12. The van der Waals surface area contributed by atoms with Gasteiger partial charge in [-0.1, -0.05) is 12.1 Å². The molecule has 2 aromatic carbocycles. The second kappa shape index (κ2) is 11.9. The van der Waals surface area contributed by atoms with Crippen LogP contribution >= 0.6 is 24.4 Å². The number of ether oxygens (including phenoxy) is 1. The number of nitrogens with zero attached hydrogens (tertiary/aromatic N) is 5. The molecule has 0 aliphatic carbocycles. The van der Waals surface area contributed by atoms with E-state index in [0.717, 1.165) is 22.6 Å². The van der Waals surface area contributed by atoms with Crippen molar-refractivity contribution < 1.29 is 20.1 Å². The van der Waals surface area contributed by atoms with Gasteiger partial charge in [-0.15, -0.1) is 0 Å². The Morgan fingerprint density at radius 1 is 1.03 bits per heavy atom. The molecule has 5 rings (SSSR count). The lowest BCUT2D eigenvalue weighted by Crippen LogP contribution is -2.33. The second-order valence-corrected chi connectivity index (χ2v) is 9.25. The fourth-order valence-electron chi connectivity index (χ4n) is 4.11. The summed E-state index contributed by atoms with van der Waals surface area (Å²) in [5.41, 5.74) is 4.20. The van der Waals surface area contributed by atoms with Gasteiger partial charge in [0.1, 0.15) is 24.6 Å². The van der Waals surface area contributed by atoms with Gasteiger partial charge in [-0.25, -0.2) is 15.0 Å². The van der Waals surface area contributed by atoms with Gasteiger partial charge in [0, 0.05) is 17.9 Å². The van der Waals surface area contributed by atoms with Crippen molar-refractivity contribution in [3.63, 3.8) is 0 Å². The van der Waals surface area contributed by atoms with Crippen molar-refractivity contribution in [2.45, 2.75) is 31.1 Å². The lowest BCUT2D eigenvalue weighted by molar-refractivity contribution is -0.0511. The second-order valence-electron chi connectivity index (χ2n) is 8.65. The highest BCUT2D eigenvalue weighted by atomic mass is 32.1. The van der Waals surface area contributed by atoms with Crippen molar-refractivity contribution in [3.05, 3.63) is 66.7 Å². The highest BCUT2D eigenvalue weighted by Gasteiger charge is 2.44. The lowest BCUT2D eigenvalue weighted by Gasteiger charge is -2.16. The Balaban J connectivity index is 1.20. The van der Waals surface area contributed by atoms with Crippen molar-refractivity contribution in [1.29, 1.82) is 0 Å². The van der Waals surface area contributed by atoms with Gasteiger partial charge in [-0.05, 0) is 66.4 Å². The Kier molecular flexibility index (Phi) is 8.14. The molecule has 12 nitrogen and oxygen atoms in total. The molecule has 0 radical (unpaired) electrons. The molecule has 0 bridgehead atoms. The van der Waals surface area contributed by atoms with E-state index in [1.807, 2.05) is 48.5 Å². The molecular weight excluding hydrogens is 540 g/mol. The normalized spacial score (nSPS) is 20.4. The molecule has 1 aliphatic heterocycles. The maximum atomic E-state index is 10.4. The molecule has 1 fully saturated rings. The highest BCUT2D eigenvalue weighted by Crippen LogP contribution is 2.32. The van der Waals surface area contributed by atoms with Crippen LogP contribution in [0.3, 0.4) is 0 Å². The van der Waals surface area contributed by atoms with E-state index in [0.29, 0.717) is 28.6 Å². The molecule has 4 unspecified atom stereocenters. The standard InChI is InChI=1S/C25H24N8O4S2/c34-10-18-20(35)21(36)24(37-18)33-12-29-19-22(27-11-28-23(19)33)31-16-3-1-14(2-4-16)9-26-25(39)32-17-7-5-15(6-8-17)30-13-38/h1-8,11-12,18,20-21,24,34-36H,9-10H2,(H2,26,32,39)(H,27,28,31). The lowest BCUT2D eigenvalue weighted by atomic mass is 10.1. The predicted octanol–water partition coefficient (Wildman–Crippen LogP) is 2.40. The topological polar surface area (TPSA) is 162 Å². The summed E-state index contributed by atoms with van der Waals surface area (Å²) < 4.78 is 7.12. The summed E-state index contributed by atoms with van der Waals surface area (Å²) in [5.74, 6) is 0.462. The summed E-state index contributed by atoms with van der Waals surface area (Å²) in [4.78, 5) is 16.9. The summed E-state index contributed by atoms with van der Waals surface area (Å²) in [6.07, 6.45) is -1.49. The summed E-state index contributed by atoms with van der Waals surface area (Å²) >= 11 is 9.99. The predicted molar refractivity (Wildman–Crippen MR) is 152 cm³/mol. The summed E-state index contributed by atoms with van der Waals surface area (Å²) in [6.45, 7) is 0.0991. The minimum Gasteiger partial charge on any atom is -0.394 e. The molecule has 4 aromatic rings. The van der Waals surface area contributed by atoms with Crippen LogP contribution in [0.4, 0.5) is 22.9 Å². The number of aromatic nitrogens is 4. The molecule has 0 spiro atoms. The van der Waals surface area contributed by atoms with Crippen molar-refractivity contribution in [1.82, 2.24) is 24.8 Å². The maximum Gasteiger partial charge on any atom is 0.171 e. The Labute approximate surface area is 233 Å². The van der Waals surface area contributed by atoms with Crippen LogP contribution in [0.2, 0.25) is 0 Å². The highest BCUT2D eigenvalue weighted by molar-refractivity contribution is 7.80. The van der Waals surface area contributed by atoms with E-state index in [2.05, 4.69) is 53.3 Å². The van der Waals surface area contributed by atoms with Gasteiger partial charge in [0.15, 0.2) is 28.3 Å². The maximum absolute atomic E-state index is 10.4. The molecule has 0 saturated carbocycles. The SMILES string of the molecule is OCC1OC(n2cnc3c(Nc4ccc(CNC(=S)Nc5ccc(N=C=S)cc5)cc4)ncnc32)C(O)C1O. The number of imidazole rings is 1. The first kappa shape index (κ1) is 26.7. The van der Waals surface area contributed by atoms with Crippen LogP contribution in [0.5, 0.6) is 0 Å². The Hall–Kier alpha value is -3.88. The third-order valence-corrected chi connectivity index (χ3v) is 6.46. The van der Waals surface area contributed by atoms with E-state index in [1.54, 1.807) is 0 Å². The first-order valence-electron chi connectivity index (χ1n) is 11.9. The zero-order chi connectivity index (χ0) is 27.4. The van der Waals surface area contributed by atoms with Crippen LogP contribution < -0.4 is 16.0 Å². The smallest absolute Gasteiger partial charge is 0.171 e. The van der Waals surface area contributed by atoms with Crippen LogP contribution in [0.25, 0.3) is 11.2 Å². The van der Waals surface area contributed by atoms with E-state index in [1.165, 1.54) is 17.2 Å². The molecule has 6 N–H and O–H groups in total. The molecule has 0 amide bonds. The van der Waals surface area contributed by atoms with E-state index < -0.39 is 31.1 Å². The van der Waals surface area contributed by atoms with Gasteiger partial charge >= 0.3 is 0 Å². The van der Waals surface area contributed by atoms with Crippen LogP contribution in [0.15, 0.2) is 66.2 Å². The number of isothiocyanates is 1. The number of anilines is 3. The van der Waals surface area contributed by atoms with Crippen molar-refractivity contribution >= 4 is 68.8 Å². The van der Waals surface area contributed by atoms with Crippen LogP contribution in [-0.2, 0) is 11.3 Å². The molecular formula is C25H24N8O4S2. The van der Waals surface area contributed by atoms with Gasteiger partial charge in [0.2, 0.25) is 0 Å². The van der Waals surface area contributed by atoms with Gasteiger partial charge in [-0.2, -0.15) is 4.99 Å². The van der Waals surface area contributed by atoms with E-state index in [4.69, 9.17) is 17.0 Å². The molecule has 1 aliphatic rings. The molecule has 4 atom stereocenters. The molecule has 200 valence electrons. The monoisotopic (exact) mass is 564 g/mol. The number of aliphatic imine (C=N–C) groups is 1. The number of benzene rings is 2. The van der Waals surface area contributed by atoms with Gasteiger partial charge in [0.05, 0.1) is 23.8 Å². The fourth-order valence-corrected chi connectivity index (χ4v) is 4.41. The van der Waals surface area contributed by atoms with Gasteiger partial charge < -0.3 is 36.0 Å². The van der Waals surface area contributed by atoms with E-state index in [-0.39, 0.29) is 0 Å². The van der Waals surface area contributed by atoms with E-state index in [9.17, 15) is 15.3 Å². The minimum absolute atomic E-state index is 0.408. The molecule has 14 heteroatoms. The number of aliphatic hydroxyl groups excluding tert-OH is 3. The summed E-state index contributed by atoms with van der Waals surface area (Å²) in [5, 5.41) is 42.2. The first-order chi connectivity index (χ1) is 19.0. The average Bonchev–Trinajstić information content (AvgIpc) is 3.50. The third kappa shape index (κ3) is 5.92. The van der Waals surface area contributed by atoms with Gasteiger partial charge in [-0.3, -0.25) is 4.57 Å². The zero-order valence-corrected chi connectivity index (χ0v) is 21.9. The van der Waals surface area contributed by atoms with Crippen molar-refractivity contribution in [2.24, 2.45) is 4.99 Å². The fraction of sp³-hybridized carbons (Fsp3) is 0.240. The van der Waals surface area contributed by atoms with Crippen LogP contribution in [0, 0.1) is 0 Å². The minimum atomic E-state index is -1.24. The van der Waals surface area contributed by atoms with Gasteiger partial charge in [0.25, 0.3) is 0 Å². The number of fused-ring (bicyclic) bond motifs is 1. The number of thiocarbonyl (C=S) groups is 2. The Bertz CT molecular complexity index is 1510. The average molecular weight is 565 g/mol. The number of hydrogen-bond acceptors (Lipinski definition) is 11. The number of hydrogen-bond donors (Lipinski definition) is 6. The van der Waals surface area contributed by atoms with Crippen molar-refractivity contribution in [2.75, 3.05) is 17.2 Å². The number of aliphatic hydroxyl groups is 3. The summed E-state index contributed by atoms with van der Waals surface area (Å²) in [7, 11) is 0. The molecule has 1 saturated heterocycles. The van der Waals surface area contributed by atoms with Crippen LogP contribution in [0.1, 0.15) is 11.8 Å². The molecule has 2 aromatic heterocycles. The number of rotatable bonds is 8. The molecule has 39 heavy (non-hydrogen) atoms. The largest absolute Gasteiger partial charge is 0.394 e. The Morgan fingerprint density at radius 3 is 2.46 bits per heavy atom. The van der Waals surface area contributed by atoms with Crippen LogP contribution in [-0.4, -0.2) is 70.0 Å².